The lowest BCUT2D eigenvalue weighted by atomic mass is 9.66. The number of carboxylic acids is 1. The highest BCUT2D eigenvalue weighted by molar-refractivity contribution is 6.17. The highest BCUT2D eigenvalue weighted by Crippen LogP contribution is 2.43. The zero-order chi connectivity index (χ0) is 14.4. The number of carbonyl (C=O) groups is 1. The van der Waals surface area contributed by atoms with Gasteiger partial charge in [0.05, 0.1) is 5.56 Å². The molecule has 0 atom stereocenters. The third-order valence-corrected chi connectivity index (χ3v) is 4.86. The molecule has 1 N–H and O–H groups in total. The van der Waals surface area contributed by atoms with Gasteiger partial charge in [-0.1, -0.05) is 37.8 Å². The van der Waals surface area contributed by atoms with Gasteiger partial charge in [-0.05, 0) is 48.8 Å². The summed E-state index contributed by atoms with van der Waals surface area (Å²) >= 11 is 5.80. The topological polar surface area (TPSA) is 37.3 Å². The maximum atomic E-state index is 11.0. The molecule has 20 heavy (non-hydrogen) atoms. The lowest BCUT2D eigenvalue weighted by Crippen LogP contribution is -2.29. The zero-order valence-corrected chi connectivity index (χ0v) is 12.7. The number of hydrogen-bond donors (Lipinski definition) is 1. The van der Waals surface area contributed by atoms with Gasteiger partial charge in [0.1, 0.15) is 0 Å². The SMILES string of the molecule is O=C(O)c1ccc(C2(CCCCCl)CCCCC2)cc1. The van der Waals surface area contributed by atoms with E-state index in [1.807, 2.05) is 12.1 Å². The molecule has 1 fully saturated rings. The molecule has 1 saturated carbocycles. The van der Waals surface area contributed by atoms with E-state index in [1.54, 1.807) is 12.1 Å². The summed E-state index contributed by atoms with van der Waals surface area (Å²) in [6.07, 6.45) is 9.73. The van der Waals surface area contributed by atoms with Crippen LogP contribution in [0.5, 0.6) is 0 Å². The number of rotatable bonds is 6. The molecule has 1 aromatic carbocycles. The van der Waals surface area contributed by atoms with Gasteiger partial charge in [-0.15, -0.1) is 11.6 Å². The standard InChI is InChI=1S/C17H23ClO2/c18-13-5-4-12-17(10-2-1-3-11-17)15-8-6-14(7-9-15)16(19)20/h6-9H,1-5,10-13H2,(H,19,20). The number of unbranched alkanes of at least 4 members (excludes halogenated alkanes) is 1. The Morgan fingerprint density at radius 1 is 1.10 bits per heavy atom. The molecular formula is C17H23ClO2. The quantitative estimate of drug-likeness (QED) is 0.592. The summed E-state index contributed by atoms with van der Waals surface area (Å²) in [6, 6.07) is 7.54. The third kappa shape index (κ3) is 3.54. The molecule has 0 heterocycles. The number of benzene rings is 1. The van der Waals surface area contributed by atoms with Crippen LogP contribution in [0.25, 0.3) is 0 Å². The number of aromatic carboxylic acids is 1. The van der Waals surface area contributed by atoms with Crippen molar-refractivity contribution in [1.29, 1.82) is 0 Å². The minimum absolute atomic E-state index is 0.251. The van der Waals surface area contributed by atoms with E-state index in [1.165, 1.54) is 44.1 Å². The predicted molar refractivity (Wildman–Crippen MR) is 82.7 cm³/mol. The molecule has 0 aliphatic heterocycles. The maximum Gasteiger partial charge on any atom is 0.335 e. The largest absolute Gasteiger partial charge is 0.478 e. The van der Waals surface area contributed by atoms with E-state index in [-0.39, 0.29) is 5.41 Å². The van der Waals surface area contributed by atoms with Crippen molar-refractivity contribution in [3.8, 4) is 0 Å². The van der Waals surface area contributed by atoms with E-state index >= 15 is 0 Å². The van der Waals surface area contributed by atoms with E-state index in [0.717, 1.165) is 18.7 Å². The highest BCUT2D eigenvalue weighted by atomic mass is 35.5. The van der Waals surface area contributed by atoms with Crippen LogP contribution in [0.1, 0.15) is 67.3 Å². The minimum Gasteiger partial charge on any atom is -0.478 e. The fourth-order valence-corrected chi connectivity index (χ4v) is 3.62. The first-order chi connectivity index (χ1) is 9.68. The van der Waals surface area contributed by atoms with Gasteiger partial charge in [-0.2, -0.15) is 0 Å². The van der Waals surface area contributed by atoms with Gasteiger partial charge in [0.15, 0.2) is 0 Å². The number of carboxylic acid groups (broad SMARTS) is 1. The van der Waals surface area contributed by atoms with Crippen LogP contribution in [-0.4, -0.2) is 17.0 Å². The van der Waals surface area contributed by atoms with Crippen LogP contribution in [0.4, 0.5) is 0 Å². The molecule has 0 amide bonds. The van der Waals surface area contributed by atoms with Crippen molar-refractivity contribution in [2.75, 3.05) is 5.88 Å². The molecule has 0 radical (unpaired) electrons. The average Bonchev–Trinajstić information content (AvgIpc) is 2.48. The van der Waals surface area contributed by atoms with Crippen LogP contribution < -0.4 is 0 Å². The second-order valence-corrected chi connectivity index (χ2v) is 6.25. The van der Waals surface area contributed by atoms with Gasteiger partial charge in [-0.25, -0.2) is 4.79 Å². The van der Waals surface area contributed by atoms with E-state index in [4.69, 9.17) is 16.7 Å². The smallest absolute Gasteiger partial charge is 0.335 e. The van der Waals surface area contributed by atoms with Crippen molar-refractivity contribution >= 4 is 17.6 Å². The van der Waals surface area contributed by atoms with Crippen LogP contribution in [0, 0.1) is 0 Å². The van der Waals surface area contributed by atoms with Gasteiger partial charge in [0, 0.05) is 5.88 Å². The maximum absolute atomic E-state index is 11.0. The monoisotopic (exact) mass is 294 g/mol. The van der Waals surface area contributed by atoms with E-state index < -0.39 is 5.97 Å². The zero-order valence-electron chi connectivity index (χ0n) is 11.9. The van der Waals surface area contributed by atoms with Crippen molar-refractivity contribution in [3.05, 3.63) is 35.4 Å². The Balaban J connectivity index is 2.18. The molecule has 3 heteroatoms. The molecule has 0 spiro atoms. The molecule has 2 nitrogen and oxygen atoms in total. The summed E-state index contributed by atoms with van der Waals surface area (Å²) in [6.45, 7) is 0. The van der Waals surface area contributed by atoms with E-state index in [0.29, 0.717) is 5.56 Å². The Kier molecular flexibility index (Phi) is 5.47. The molecule has 110 valence electrons. The fourth-order valence-electron chi connectivity index (χ4n) is 3.44. The number of alkyl halides is 1. The second kappa shape index (κ2) is 7.12. The van der Waals surface area contributed by atoms with Crippen molar-refractivity contribution in [2.24, 2.45) is 0 Å². The van der Waals surface area contributed by atoms with Crippen LogP contribution in [0.2, 0.25) is 0 Å². The molecule has 0 bridgehead atoms. The predicted octanol–water partition coefficient (Wildman–Crippen LogP) is 5.00. The fraction of sp³-hybridized carbons (Fsp3) is 0.588. The van der Waals surface area contributed by atoms with E-state index in [2.05, 4.69) is 0 Å². The van der Waals surface area contributed by atoms with Gasteiger partial charge in [-0.3, -0.25) is 0 Å². The first-order valence-electron chi connectivity index (χ1n) is 7.58. The van der Waals surface area contributed by atoms with Crippen LogP contribution in [0.3, 0.4) is 0 Å². The second-order valence-electron chi connectivity index (χ2n) is 5.87. The molecule has 2 rings (SSSR count). The van der Waals surface area contributed by atoms with E-state index in [9.17, 15) is 4.79 Å². The molecule has 0 saturated heterocycles. The molecule has 1 aliphatic rings. The number of halogens is 1. The van der Waals surface area contributed by atoms with Crippen LogP contribution in [-0.2, 0) is 5.41 Å². The van der Waals surface area contributed by atoms with Crippen molar-refractivity contribution < 1.29 is 9.90 Å². The van der Waals surface area contributed by atoms with Gasteiger partial charge in [0.25, 0.3) is 0 Å². The Morgan fingerprint density at radius 3 is 2.30 bits per heavy atom. The molecule has 0 aromatic heterocycles. The number of hydrogen-bond acceptors (Lipinski definition) is 1. The lowest BCUT2D eigenvalue weighted by molar-refractivity contribution is 0.0697. The lowest BCUT2D eigenvalue weighted by Gasteiger charge is -2.38. The first-order valence-corrected chi connectivity index (χ1v) is 8.11. The molecular weight excluding hydrogens is 272 g/mol. The summed E-state index contributed by atoms with van der Waals surface area (Å²) in [5.74, 6) is -0.120. The van der Waals surface area contributed by atoms with Crippen LogP contribution in [0.15, 0.2) is 24.3 Å². The van der Waals surface area contributed by atoms with Crippen molar-refractivity contribution in [1.82, 2.24) is 0 Å². The van der Waals surface area contributed by atoms with Gasteiger partial charge >= 0.3 is 5.97 Å². The first kappa shape index (κ1) is 15.4. The van der Waals surface area contributed by atoms with Crippen LogP contribution >= 0.6 is 11.6 Å². The Labute approximate surface area is 126 Å². The molecule has 0 unspecified atom stereocenters. The summed E-state index contributed by atoms with van der Waals surface area (Å²) in [7, 11) is 0. The average molecular weight is 295 g/mol. The molecule has 1 aromatic rings. The summed E-state index contributed by atoms with van der Waals surface area (Å²) < 4.78 is 0. The molecule has 1 aliphatic carbocycles. The summed E-state index contributed by atoms with van der Waals surface area (Å²) in [5, 5.41) is 9.01. The summed E-state index contributed by atoms with van der Waals surface area (Å²) in [5.41, 5.74) is 1.94. The van der Waals surface area contributed by atoms with Gasteiger partial charge < -0.3 is 5.11 Å². The highest BCUT2D eigenvalue weighted by Gasteiger charge is 2.33. The van der Waals surface area contributed by atoms with Crippen molar-refractivity contribution in [2.45, 2.75) is 56.8 Å². The third-order valence-electron chi connectivity index (χ3n) is 4.59. The van der Waals surface area contributed by atoms with Crippen molar-refractivity contribution in [3.63, 3.8) is 0 Å². The summed E-state index contributed by atoms with van der Waals surface area (Å²) in [4.78, 5) is 11.0. The Bertz CT molecular complexity index is 433. The Morgan fingerprint density at radius 2 is 1.75 bits per heavy atom. The van der Waals surface area contributed by atoms with Gasteiger partial charge in [0.2, 0.25) is 0 Å². The normalized spacial score (nSPS) is 17.9. The Hall–Kier alpha value is -1.02. The minimum atomic E-state index is -0.851.